The Morgan fingerprint density at radius 2 is 2.55 bits per heavy atom. The average molecular weight is 212 g/mol. The van der Waals surface area contributed by atoms with Crippen LogP contribution in [0.25, 0.3) is 0 Å². The van der Waals surface area contributed by atoms with Gasteiger partial charge in [-0.2, -0.15) is 0 Å². The molecule has 1 aromatic rings. The minimum Gasteiger partial charge on any atom is -0.481 e. The highest BCUT2D eigenvalue weighted by Crippen LogP contribution is 2.14. The van der Waals surface area contributed by atoms with Crippen LogP contribution in [0.3, 0.4) is 0 Å². The summed E-state index contributed by atoms with van der Waals surface area (Å²) in [4.78, 5) is 3.93. The molecule has 11 heavy (non-hydrogen) atoms. The van der Waals surface area contributed by atoms with Crippen LogP contribution in [0.4, 0.5) is 0 Å². The summed E-state index contributed by atoms with van der Waals surface area (Å²) >= 11 is 3.21. The largest absolute Gasteiger partial charge is 0.481 e. The van der Waals surface area contributed by atoms with Crippen LogP contribution in [0.15, 0.2) is 22.9 Å². The van der Waals surface area contributed by atoms with Gasteiger partial charge >= 0.3 is 0 Å². The maximum absolute atomic E-state index is 5.13. The number of halogens is 1. The maximum atomic E-state index is 5.13. The Labute approximate surface area is 73.7 Å². The van der Waals surface area contributed by atoms with E-state index in [1.807, 2.05) is 0 Å². The van der Waals surface area contributed by atoms with Crippen molar-refractivity contribution < 1.29 is 4.74 Å². The molecule has 0 saturated carbocycles. The molecule has 0 aliphatic heterocycles. The minimum atomic E-state index is 0.288. The van der Waals surface area contributed by atoms with E-state index < -0.39 is 0 Å². The van der Waals surface area contributed by atoms with Crippen molar-refractivity contribution in [2.75, 3.05) is 6.61 Å². The highest BCUT2D eigenvalue weighted by molar-refractivity contribution is 9.10. The van der Waals surface area contributed by atoms with Crippen molar-refractivity contribution in [1.82, 2.24) is 4.98 Å². The van der Waals surface area contributed by atoms with Gasteiger partial charge in [0.1, 0.15) is 17.0 Å². The highest BCUT2D eigenvalue weighted by Gasteiger charge is 1.92. The predicted molar refractivity (Wildman–Crippen MR) is 46.3 cm³/mol. The number of terminal acetylenes is 1. The van der Waals surface area contributed by atoms with Crippen molar-refractivity contribution in [3.63, 3.8) is 0 Å². The summed E-state index contributed by atoms with van der Waals surface area (Å²) in [5.41, 5.74) is 0. The molecule has 0 amide bonds. The fourth-order valence-corrected chi connectivity index (χ4v) is 0.943. The zero-order chi connectivity index (χ0) is 8.10. The minimum absolute atomic E-state index is 0.288. The fraction of sp³-hybridized carbons (Fsp3) is 0.125. The Bertz CT molecular complexity index is 280. The molecule has 2 nitrogen and oxygen atoms in total. The number of pyridine rings is 1. The van der Waals surface area contributed by atoms with Gasteiger partial charge in [-0.05, 0) is 22.0 Å². The van der Waals surface area contributed by atoms with Crippen LogP contribution in [0.5, 0.6) is 5.75 Å². The molecular formula is C8H6BrNO. The number of nitrogens with zero attached hydrogens (tertiary/aromatic N) is 1. The van der Waals surface area contributed by atoms with Crippen LogP contribution in [0.1, 0.15) is 0 Å². The lowest BCUT2D eigenvalue weighted by Gasteiger charge is -2.00. The van der Waals surface area contributed by atoms with Crippen molar-refractivity contribution in [1.29, 1.82) is 0 Å². The van der Waals surface area contributed by atoms with Gasteiger partial charge in [0, 0.05) is 12.3 Å². The summed E-state index contributed by atoms with van der Waals surface area (Å²) in [5, 5.41) is 0. The standard InChI is InChI=1S/C8H6BrNO/c1-2-5-11-7-3-4-10-8(9)6-7/h1,3-4,6H,5H2. The summed E-state index contributed by atoms with van der Waals surface area (Å²) in [6.07, 6.45) is 6.66. The van der Waals surface area contributed by atoms with E-state index >= 15 is 0 Å². The quantitative estimate of drug-likeness (QED) is 0.551. The van der Waals surface area contributed by atoms with Crippen molar-refractivity contribution in [3.8, 4) is 18.1 Å². The summed E-state index contributed by atoms with van der Waals surface area (Å²) in [5.74, 6) is 3.10. The predicted octanol–water partition coefficient (Wildman–Crippen LogP) is 1.86. The zero-order valence-corrected chi connectivity index (χ0v) is 7.34. The molecular weight excluding hydrogens is 206 g/mol. The molecule has 0 aromatic carbocycles. The number of ether oxygens (including phenoxy) is 1. The second-order valence-electron chi connectivity index (χ2n) is 1.81. The van der Waals surface area contributed by atoms with Gasteiger partial charge in [-0.3, -0.25) is 0 Å². The first kappa shape index (κ1) is 8.09. The molecule has 0 saturated heterocycles. The lowest BCUT2D eigenvalue weighted by Crippen LogP contribution is -1.93. The van der Waals surface area contributed by atoms with Crippen molar-refractivity contribution in [2.24, 2.45) is 0 Å². The summed E-state index contributed by atoms with van der Waals surface area (Å²) in [7, 11) is 0. The first-order valence-electron chi connectivity index (χ1n) is 3.01. The topological polar surface area (TPSA) is 22.1 Å². The van der Waals surface area contributed by atoms with E-state index in [-0.39, 0.29) is 6.61 Å². The fourth-order valence-electron chi connectivity index (χ4n) is 0.599. The molecule has 0 atom stereocenters. The Morgan fingerprint density at radius 1 is 1.73 bits per heavy atom. The van der Waals surface area contributed by atoms with Crippen LogP contribution >= 0.6 is 15.9 Å². The van der Waals surface area contributed by atoms with Gasteiger partial charge in [0.25, 0.3) is 0 Å². The highest BCUT2D eigenvalue weighted by atomic mass is 79.9. The SMILES string of the molecule is C#CCOc1ccnc(Br)c1. The number of hydrogen-bond donors (Lipinski definition) is 0. The van der Waals surface area contributed by atoms with Gasteiger partial charge in [-0.1, -0.05) is 5.92 Å². The van der Waals surface area contributed by atoms with Gasteiger partial charge in [-0.25, -0.2) is 4.98 Å². The molecule has 0 radical (unpaired) electrons. The van der Waals surface area contributed by atoms with E-state index in [4.69, 9.17) is 11.2 Å². The second kappa shape index (κ2) is 3.99. The van der Waals surface area contributed by atoms with E-state index in [1.165, 1.54) is 0 Å². The smallest absolute Gasteiger partial charge is 0.148 e. The van der Waals surface area contributed by atoms with E-state index in [1.54, 1.807) is 18.3 Å². The number of hydrogen-bond acceptors (Lipinski definition) is 2. The monoisotopic (exact) mass is 211 g/mol. The molecule has 1 rings (SSSR count). The summed E-state index contributed by atoms with van der Waals surface area (Å²) < 4.78 is 5.87. The summed E-state index contributed by atoms with van der Waals surface area (Å²) in [6, 6.07) is 3.51. The average Bonchev–Trinajstić information content (AvgIpc) is 2.01. The third kappa shape index (κ3) is 2.60. The lowest BCUT2D eigenvalue weighted by atomic mass is 10.4. The van der Waals surface area contributed by atoms with Crippen LogP contribution in [0.2, 0.25) is 0 Å². The molecule has 0 N–H and O–H groups in total. The van der Waals surface area contributed by atoms with E-state index in [9.17, 15) is 0 Å². The van der Waals surface area contributed by atoms with Crippen LogP contribution < -0.4 is 4.74 Å². The van der Waals surface area contributed by atoms with Crippen LogP contribution in [-0.2, 0) is 0 Å². The molecule has 1 heterocycles. The Balaban J connectivity index is 2.65. The molecule has 56 valence electrons. The maximum Gasteiger partial charge on any atom is 0.148 e. The molecule has 0 aliphatic rings. The molecule has 0 bridgehead atoms. The van der Waals surface area contributed by atoms with Crippen LogP contribution in [-0.4, -0.2) is 11.6 Å². The third-order valence-electron chi connectivity index (χ3n) is 1.02. The van der Waals surface area contributed by atoms with Gasteiger partial charge in [0.05, 0.1) is 0 Å². The molecule has 3 heteroatoms. The van der Waals surface area contributed by atoms with Gasteiger partial charge in [-0.15, -0.1) is 6.42 Å². The number of rotatable bonds is 2. The van der Waals surface area contributed by atoms with E-state index in [0.29, 0.717) is 0 Å². The molecule has 0 spiro atoms. The zero-order valence-electron chi connectivity index (χ0n) is 5.75. The van der Waals surface area contributed by atoms with Gasteiger partial charge in [0.2, 0.25) is 0 Å². The second-order valence-corrected chi connectivity index (χ2v) is 2.62. The Morgan fingerprint density at radius 3 is 3.18 bits per heavy atom. The normalized spacial score (nSPS) is 8.73. The van der Waals surface area contributed by atoms with E-state index in [2.05, 4.69) is 26.8 Å². The van der Waals surface area contributed by atoms with Gasteiger partial charge < -0.3 is 4.74 Å². The van der Waals surface area contributed by atoms with E-state index in [0.717, 1.165) is 10.4 Å². The molecule has 1 aromatic heterocycles. The summed E-state index contributed by atoms with van der Waals surface area (Å²) in [6.45, 7) is 0.288. The molecule has 0 unspecified atom stereocenters. The van der Waals surface area contributed by atoms with Crippen molar-refractivity contribution in [3.05, 3.63) is 22.9 Å². The molecule has 0 fully saturated rings. The van der Waals surface area contributed by atoms with Crippen LogP contribution in [0, 0.1) is 12.3 Å². The number of aromatic nitrogens is 1. The lowest BCUT2D eigenvalue weighted by molar-refractivity contribution is 0.369. The first-order valence-corrected chi connectivity index (χ1v) is 3.80. The van der Waals surface area contributed by atoms with Crippen molar-refractivity contribution in [2.45, 2.75) is 0 Å². The first-order chi connectivity index (χ1) is 5.33. The van der Waals surface area contributed by atoms with Crippen molar-refractivity contribution >= 4 is 15.9 Å². The Hall–Kier alpha value is -1.01. The molecule has 0 aliphatic carbocycles. The Kier molecular flexibility index (Phi) is 2.94. The third-order valence-corrected chi connectivity index (χ3v) is 1.45. The van der Waals surface area contributed by atoms with Gasteiger partial charge in [0.15, 0.2) is 0 Å².